The molecule has 0 saturated carbocycles. The summed E-state index contributed by atoms with van der Waals surface area (Å²) in [4.78, 5) is 4.22. The molecular formula is C11H17N3O. The lowest BCUT2D eigenvalue weighted by Crippen LogP contribution is -2.32. The molecule has 0 aliphatic carbocycles. The van der Waals surface area contributed by atoms with E-state index in [-0.39, 0.29) is 0 Å². The minimum Gasteiger partial charge on any atom is -0.397 e. The number of pyridine rings is 1. The second kappa shape index (κ2) is 4.49. The number of nitrogens with one attached hydrogen (secondary N) is 1. The van der Waals surface area contributed by atoms with Crippen molar-refractivity contribution >= 4 is 11.5 Å². The molecule has 1 aliphatic rings. The largest absolute Gasteiger partial charge is 0.397 e. The molecule has 2 unspecified atom stereocenters. The van der Waals surface area contributed by atoms with Crippen molar-refractivity contribution in [2.75, 3.05) is 17.7 Å². The van der Waals surface area contributed by atoms with Crippen LogP contribution in [0.1, 0.15) is 19.8 Å². The predicted octanol–water partition coefficient (Wildman–Crippen LogP) is 1.64. The molecule has 15 heavy (non-hydrogen) atoms. The summed E-state index contributed by atoms with van der Waals surface area (Å²) in [6, 6.07) is 4.23. The first kappa shape index (κ1) is 10.2. The van der Waals surface area contributed by atoms with E-state index in [2.05, 4.69) is 17.2 Å². The highest BCUT2D eigenvalue weighted by Crippen LogP contribution is 2.17. The summed E-state index contributed by atoms with van der Waals surface area (Å²) in [5, 5.41) is 3.39. The van der Waals surface area contributed by atoms with Crippen molar-refractivity contribution in [1.29, 1.82) is 0 Å². The Bertz CT molecular complexity index is 312. The predicted molar refractivity (Wildman–Crippen MR) is 60.7 cm³/mol. The number of hydrogen-bond acceptors (Lipinski definition) is 4. The van der Waals surface area contributed by atoms with Gasteiger partial charge in [-0.25, -0.2) is 4.98 Å². The van der Waals surface area contributed by atoms with Gasteiger partial charge in [-0.3, -0.25) is 0 Å². The summed E-state index contributed by atoms with van der Waals surface area (Å²) in [5.41, 5.74) is 6.27. The first-order chi connectivity index (χ1) is 7.24. The van der Waals surface area contributed by atoms with E-state index in [4.69, 9.17) is 10.5 Å². The maximum absolute atomic E-state index is 5.57. The van der Waals surface area contributed by atoms with Gasteiger partial charge in [0.2, 0.25) is 0 Å². The van der Waals surface area contributed by atoms with Crippen LogP contribution in [0.5, 0.6) is 0 Å². The maximum Gasteiger partial charge on any atom is 0.126 e. The standard InChI is InChI=1S/C11H17N3O/c1-8-6-10(4-5-15-8)14-11-3-2-9(12)7-13-11/h2-3,7-8,10H,4-6,12H2,1H3,(H,13,14). The van der Waals surface area contributed by atoms with E-state index in [9.17, 15) is 0 Å². The number of nitrogens with zero attached hydrogens (tertiary/aromatic N) is 1. The van der Waals surface area contributed by atoms with Crippen LogP contribution in [-0.2, 0) is 4.74 Å². The molecule has 1 aromatic heterocycles. The molecule has 4 nitrogen and oxygen atoms in total. The first-order valence-electron chi connectivity index (χ1n) is 5.33. The SMILES string of the molecule is CC1CC(Nc2ccc(N)cn2)CCO1. The van der Waals surface area contributed by atoms with Crippen molar-refractivity contribution in [3.05, 3.63) is 18.3 Å². The lowest BCUT2D eigenvalue weighted by Gasteiger charge is -2.28. The Balaban J connectivity index is 1.93. The van der Waals surface area contributed by atoms with Gasteiger partial charge in [-0.2, -0.15) is 0 Å². The summed E-state index contributed by atoms with van der Waals surface area (Å²) < 4.78 is 5.48. The Morgan fingerprint density at radius 2 is 2.40 bits per heavy atom. The molecule has 0 bridgehead atoms. The fourth-order valence-corrected chi connectivity index (χ4v) is 1.83. The van der Waals surface area contributed by atoms with Gasteiger partial charge in [0, 0.05) is 12.6 Å². The zero-order chi connectivity index (χ0) is 10.7. The summed E-state index contributed by atoms with van der Waals surface area (Å²) >= 11 is 0. The van der Waals surface area contributed by atoms with Gasteiger partial charge in [0.1, 0.15) is 5.82 Å². The van der Waals surface area contributed by atoms with Crippen LogP contribution in [0.15, 0.2) is 18.3 Å². The molecule has 3 N–H and O–H groups in total. The zero-order valence-electron chi connectivity index (χ0n) is 8.94. The van der Waals surface area contributed by atoms with Gasteiger partial charge in [0.25, 0.3) is 0 Å². The molecule has 2 rings (SSSR count). The molecule has 0 aromatic carbocycles. The van der Waals surface area contributed by atoms with E-state index >= 15 is 0 Å². The Morgan fingerprint density at radius 1 is 1.53 bits per heavy atom. The van der Waals surface area contributed by atoms with Crippen LogP contribution >= 0.6 is 0 Å². The highest BCUT2D eigenvalue weighted by atomic mass is 16.5. The van der Waals surface area contributed by atoms with E-state index in [1.165, 1.54) is 0 Å². The minimum absolute atomic E-state index is 0.338. The monoisotopic (exact) mass is 207 g/mol. The molecule has 0 spiro atoms. The van der Waals surface area contributed by atoms with Crippen LogP contribution in [0.2, 0.25) is 0 Å². The molecule has 0 radical (unpaired) electrons. The van der Waals surface area contributed by atoms with Gasteiger partial charge in [0.15, 0.2) is 0 Å². The Kier molecular flexibility index (Phi) is 3.06. The molecule has 1 fully saturated rings. The Labute approximate surface area is 89.8 Å². The average molecular weight is 207 g/mol. The first-order valence-corrected chi connectivity index (χ1v) is 5.33. The van der Waals surface area contributed by atoms with Crippen molar-refractivity contribution in [3.8, 4) is 0 Å². The molecule has 82 valence electrons. The van der Waals surface area contributed by atoms with E-state index in [1.807, 2.05) is 12.1 Å². The molecule has 2 heterocycles. The number of ether oxygens (including phenoxy) is 1. The third-order valence-electron chi connectivity index (χ3n) is 2.62. The number of anilines is 2. The summed E-state index contributed by atoms with van der Waals surface area (Å²) in [7, 11) is 0. The van der Waals surface area contributed by atoms with Crippen molar-refractivity contribution < 1.29 is 4.74 Å². The third-order valence-corrected chi connectivity index (χ3v) is 2.62. The van der Waals surface area contributed by atoms with Crippen LogP contribution in [0.4, 0.5) is 11.5 Å². The molecular weight excluding hydrogens is 190 g/mol. The second-order valence-corrected chi connectivity index (χ2v) is 4.02. The van der Waals surface area contributed by atoms with Crippen molar-refractivity contribution in [1.82, 2.24) is 4.98 Å². The molecule has 1 saturated heterocycles. The van der Waals surface area contributed by atoms with Gasteiger partial charge < -0.3 is 15.8 Å². The Morgan fingerprint density at radius 3 is 3.07 bits per heavy atom. The van der Waals surface area contributed by atoms with Crippen LogP contribution < -0.4 is 11.1 Å². The van der Waals surface area contributed by atoms with Gasteiger partial charge in [0.05, 0.1) is 18.0 Å². The van der Waals surface area contributed by atoms with Gasteiger partial charge in [-0.05, 0) is 31.9 Å². The summed E-state index contributed by atoms with van der Waals surface area (Å²) in [6.45, 7) is 2.93. The van der Waals surface area contributed by atoms with Crippen LogP contribution in [-0.4, -0.2) is 23.7 Å². The number of aromatic nitrogens is 1. The van der Waals surface area contributed by atoms with Crippen molar-refractivity contribution in [3.63, 3.8) is 0 Å². The lowest BCUT2D eigenvalue weighted by atomic mass is 10.0. The summed E-state index contributed by atoms with van der Waals surface area (Å²) in [5.74, 6) is 0.892. The fourth-order valence-electron chi connectivity index (χ4n) is 1.83. The van der Waals surface area contributed by atoms with Gasteiger partial charge in [-0.1, -0.05) is 0 Å². The van der Waals surface area contributed by atoms with Gasteiger partial charge >= 0.3 is 0 Å². The lowest BCUT2D eigenvalue weighted by molar-refractivity contribution is 0.0232. The van der Waals surface area contributed by atoms with Crippen LogP contribution in [0.3, 0.4) is 0 Å². The smallest absolute Gasteiger partial charge is 0.126 e. The fraction of sp³-hybridized carbons (Fsp3) is 0.545. The highest BCUT2D eigenvalue weighted by Gasteiger charge is 2.19. The molecule has 2 atom stereocenters. The van der Waals surface area contributed by atoms with Gasteiger partial charge in [-0.15, -0.1) is 0 Å². The van der Waals surface area contributed by atoms with E-state index in [1.54, 1.807) is 6.20 Å². The van der Waals surface area contributed by atoms with E-state index in [0.29, 0.717) is 17.8 Å². The van der Waals surface area contributed by atoms with Crippen molar-refractivity contribution in [2.24, 2.45) is 0 Å². The maximum atomic E-state index is 5.57. The van der Waals surface area contributed by atoms with E-state index in [0.717, 1.165) is 25.3 Å². The highest BCUT2D eigenvalue weighted by molar-refractivity contribution is 5.44. The number of nitrogens with two attached hydrogens (primary N) is 1. The molecule has 1 aromatic rings. The third kappa shape index (κ3) is 2.83. The topological polar surface area (TPSA) is 60.2 Å². The number of hydrogen-bond donors (Lipinski definition) is 2. The molecule has 0 amide bonds. The van der Waals surface area contributed by atoms with Crippen LogP contribution in [0, 0.1) is 0 Å². The van der Waals surface area contributed by atoms with Crippen LogP contribution in [0.25, 0.3) is 0 Å². The zero-order valence-corrected chi connectivity index (χ0v) is 8.94. The quantitative estimate of drug-likeness (QED) is 0.774. The Hall–Kier alpha value is -1.29. The van der Waals surface area contributed by atoms with E-state index < -0.39 is 0 Å². The number of nitrogen functional groups attached to an aromatic ring is 1. The molecule has 1 aliphatic heterocycles. The second-order valence-electron chi connectivity index (χ2n) is 4.02. The molecule has 4 heteroatoms. The average Bonchev–Trinajstić information content (AvgIpc) is 2.22. The minimum atomic E-state index is 0.338. The summed E-state index contributed by atoms with van der Waals surface area (Å²) in [6.07, 6.45) is 4.08. The normalized spacial score (nSPS) is 26.2. The van der Waals surface area contributed by atoms with Crippen molar-refractivity contribution in [2.45, 2.75) is 31.9 Å². The number of rotatable bonds is 2.